The van der Waals surface area contributed by atoms with Crippen LogP contribution in [0.5, 0.6) is 0 Å². The average Bonchev–Trinajstić information content (AvgIpc) is 3.01. The Morgan fingerprint density at radius 1 is 1.03 bits per heavy atom. The van der Waals surface area contributed by atoms with E-state index >= 15 is 0 Å². The van der Waals surface area contributed by atoms with Gasteiger partial charge in [-0.2, -0.15) is 0 Å². The second kappa shape index (κ2) is 8.96. The van der Waals surface area contributed by atoms with Crippen molar-refractivity contribution >= 4 is 51.8 Å². The standard InChI is InChI=1S/C26H22ClN3O2S/c1-29-21-10-6-5-9-20(21)23-24(25(32)28-15-17-7-3-2-4-8-17)30(22(31)16-33-26(23)29)19-13-11-18(27)12-14-19/h2-14,24H,15-16H2,1H3,(H,28,32)/t24-/m0/s1. The molecular formula is C26H22ClN3O2S. The number of fused-ring (bicyclic) bond motifs is 3. The Balaban J connectivity index is 1.65. The van der Waals surface area contributed by atoms with E-state index in [4.69, 9.17) is 11.6 Å². The van der Waals surface area contributed by atoms with Crippen molar-refractivity contribution in [1.29, 1.82) is 0 Å². The highest BCUT2D eigenvalue weighted by Crippen LogP contribution is 2.43. The van der Waals surface area contributed by atoms with Crippen LogP contribution in [0.25, 0.3) is 10.9 Å². The van der Waals surface area contributed by atoms with Gasteiger partial charge in [-0.1, -0.05) is 71.9 Å². The molecule has 7 heteroatoms. The molecule has 1 aromatic heterocycles. The molecule has 1 aliphatic rings. The second-order valence-corrected chi connectivity index (χ2v) is 9.33. The number of nitrogens with zero attached hydrogens (tertiary/aromatic N) is 2. The van der Waals surface area contributed by atoms with E-state index in [1.54, 1.807) is 29.2 Å². The van der Waals surface area contributed by atoms with Gasteiger partial charge < -0.3 is 9.88 Å². The number of aryl methyl sites for hydroxylation is 1. The number of carbonyl (C=O) groups excluding carboxylic acids is 2. The molecule has 0 saturated heterocycles. The molecule has 2 heterocycles. The van der Waals surface area contributed by atoms with Crippen LogP contribution >= 0.6 is 23.4 Å². The first-order chi connectivity index (χ1) is 16.0. The minimum atomic E-state index is -0.807. The quantitative estimate of drug-likeness (QED) is 0.434. The number of rotatable bonds is 4. The lowest BCUT2D eigenvalue weighted by molar-refractivity contribution is -0.125. The Bertz CT molecular complexity index is 1340. The number of para-hydroxylation sites is 1. The number of amides is 2. The third-order valence-corrected chi connectivity index (χ3v) is 7.30. The molecule has 1 aliphatic heterocycles. The molecule has 0 aliphatic carbocycles. The van der Waals surface area contributed by atoms with Gasteiger partial charge in [0.1, 0.15) is 6.04 Å². The predicted molar refractivity (Wildman–Crippen MR) is 134 cm³/mol. The predicted octanol–water partition coefficient (Wildman–Crippen LogP) is 5.33. The van der Waals surface area contributed by atoms with Crippen molar-refractivity contribution < 1.29 is 9.59 Å². The molecule has 0 unspecified atom stereocenters. The van der Waals surface area contributed by atoms with Crippen LogP contribution in [0.1, 0.15) is 17.2 Å². The first kappa shape index (κ1) is 21.6. The summed E-state index contributed by atoms with van der Waals surface area (Å²) in [6.45, 7) is 0.381. The van der Waals surface area contributed by atoms with E-state index in [2.05, 4.69) is 9.88 Å². The summed E-state index contributed by atoms with van der Waals surface area (Å²) in [5.74, 6) is -0.105. The summed E-state index contributed by atoms with van der Waals surface area (Å²) in [7, 11) is 1.98. The zero-order valence-electron chi connectivity index (χ0n) is 18.0. The second-order valence-electron chi connectivity index (χ2n) is 7.93. The van der Waals surface area contributed by atoms with Crippen LogP contribution in [0.15, 0.2) is 83.9 Å². The van der Waals surface area contributed by atoms with Gasteiger partial charge in [0.05, 0.1) is 10.8 Å². The summed E-state index contributed by atoms with van der Waals surface area (Å²) in [4.78, 5) is 28.8. The molecule has 5 nitrogen and oxygen atoms in total. The third-order valence-electron chi connectivity index (χ3n) is 5.89. The van der Waals surface area contributed by atoms with Crippen molar-refractivity contribution in [3.05, 3.63) is 95.0 Å². The number of hydrogen-bond acceptors (Lipinski definition) is 3. The SMILES string of the molecule is Cn1c2c(c3ccccc31)[C@@H](C(=O)NCc1ccccc1)N(c1ccc(Cl)cc1)C(=O)CS2. The van der Waals surface area contributed by atoms with E-state index < -0.39 is 6.04 Å². The molecular weight excluding hydrogens is 454 g/mol. The zero-order chi connectivity index (χ0) is 22.9. The van der Waals surface area contributed by atoms with Crippen molar-refractivity contribution in [2.24, 2.45) is 7.05 Å². The van der Waals surface area contributed by atoms with E-state index in [9.17, 15) is 9.59 Å². The minimum Gasteiger partial charge on any atom is -0.350 e. The highest BCUT2D eigenvalue weighted by atomic mass is 35.5. The fraction of sp³-hybridized carbons (Fsp3) is 0.154. The van der Waals surface area contributed by atoms with Gasteiger partial charge in [-0.3, -0.25) is 14.5 Å². The number of thioether (sulfide) groups is 1. The summed E-state index contributed by atoms with van der Waals surface area (Å²) in [6.07, 6.45) is 0. The van der Waals surface area contributed by atoms with Gasteiger partial charge in [0.15, 0.2) is 0 Å². The maximum atomic E-state index is 13.8. The van der Waals surface area contributed by atoms with Gasteiger partial charge in [0, 0.05) is 40.8 Å². The van der Waals surface area contributed by atoms with Crippen molar-refractivity contribution in [3.63, 3.8) is 0 Å². The smallest absolute Gasteiger partial charge is 0.248 e. The topological polar surface area (TPSA) is 54.3 Å². The lowest BCUT2D eigenvalue weighted by Gasteiger charge is -2.30. The Morgan fingerprint density at radius 3 is 2.48 bits per heavy atom. The van der Waals surface area contributed by atoms with E-state index in [0.29, 0.717) is 17.3 Å². The highest BCUT2D eigenvalue weighted by Gasteiger charge is 2.39. The number of nitrogens with one attached hydrogen (secondary N) is 1. The molecule has 4 aromatic rings. The lowest BCUT2D eigenvalue weighted by atomic mass is 10.0. The maximum absolute atomic E-state index is 13.8. The Kier molecular flexibility index (Phi) is 5.87. The van der Waals surface area contributed by atoms with Crippen molar-refractivity contribution in [1.82, 2.24) is 9.88 Å². The van der Waals surface area contributed by atoms with E-state index in [1.165, 1.54) is 11.8 Å². The zero-order valence-corrected chi connectivity index (χ0v) is 19.6. The molecule has 2 amide bonds. The van der Waals surface area contributed by atoms with Crippen molar-refractivity contribution in [2.75, 3.05) is 10.7 Å². The van der Waals surface area contributed by atoms with E-state index in [-0.39, 0.29) is 17.6 Å². The lowest BCUT2D eigenvalue weighted by Crippen LogP contribution is -2.43. The Labute approximate surface area is 201 Å². The molecule has 1 atom stereocenters. The average molecular weight is 476 g/mol. The highest BCUT2D eigenvalue weighted by molar-refractivity contribution is 8.00. The largest absolute Gasteiger partial charge is 0.350 e. The van der Waals surface area contributed by atoms with Crippen LogP contribution in [0.4, 0.5) is 5.69 Å². The summed E-state index contributed by atoms with van der Waals surface area (Å²) in [5.41, 5.74) is 3.52. The molecule has 0 radical (unpaired) electrons. The fourth-order valence-electron chi connectivity index (χ4n) is 4.34. The monoisotopic (exact) mass is 475 g/mol. The van der Waals surface area contributed by atoms with Crippen molar-refractivity contribution in [2.45, 2.75) is 17.6 Å². The molecule has 1 N–H and O–H groups in total. The van der Waals surface area contributed by atoms with Gasteiger partial charge in [-0.15, -0.1) is 0 Å². The molecule has 0 spiro atoms. The fourth-order valence-corrected chi connectivity index (χ4v) is 5.53. The van der Waals surface area contributed by atoms with Gasteiger partial charge in [0.25, 0.3) is 0 Å². The van der Waals surface area contributed by atoms with Crippen LogP contribution < -0.4 is 10.2 Å². The number of hydrogen-bond donors (Lipinski definition) is 1. The minimum absolute atomic E-state index is 0.123. The van der Waals surface area contributed by atoms with Crippen LogP contribution in [-0.2, 0) is 23.2 Å². The van der Waals surface area contributed by atoms with E-state index in [0.717, 1.165) is 27.1 Å². The molecule has 33 heavy (non-hydrogen) atoms. The van der Waals surface area contributed by atoms with Gasteiger partial charge >= 0.3 is 0 Å². The number of aromatic nitrogens is 1. The first-order valence-electron chi connectivity index (χ1n) is 10.6. The molecule has 0 saturated carbocycles. The molecule has 166 valence electrons. The van der Waals surface area contributed by atoms with Gasteiger partial charge in [0.2, 0.25) is 11.8 Å². The third kappa shape index (κ3) is 4.01. The Hall–Kier alpha value is -3.22. The summed E-state index contributed by atoms with van der Waals surface area (Å²) in [6, 6.07) is 24.0. The van der Waals surface area contributed by atoms with E-state index in [1.807, 2.05) is 61.6 Å². The number of benzene rings is 3. The summed E-state index contributed by atoms with van der Waals surface area (Å²) < 4.78 is 2.07. The molecule has 0 fully saturated rings. The Morgan fingerprint density at radius 2 is 1.73 bits per heavy atom. The summed E-state index contributed by atoms with van der Waals surface area (Å²) in [5, 5.41) is 5.54. The van der Waals surface area contributed by atoms with Crippen molar-refractivity contribution in [3.8, 4) is 0 Å². The van der Waals surface area contributed by atoms with Gasteiger partial charge in [-0.05, 0) is 35.9 Å². The molecule has 0 bridgehead atoms. The normalized spacial score (nSPS) is 15.9. The number of halogens is 1. The summed E-state index contributed by atoms with van der Waals surface area (Å²) >= 11 is 7.58. The maximum Gasteiger partial charge on any atom is 0.248 e. The first-order valence-corrected chi connectivity index (χ1v) is 12.0. The number of carbonyl (C=O) groups is 2. The number of anilines is 1. The van der Waals surface area contributed by atoms with Crippen LogP contribution in [0, 0.1) is 0 Å². The molecule has 5 rings (SSSR count). The van der Waals surface area contributed by atoms with Crippen LogP contribution in [0.2, 0.25) is 5.02 Å². The van der Waals surface area contributed by atoms with Crippen LogP contribution in [-0.4, -0.2) is 22.1 Å². The van der Waals surface area contributed by atoms with Gasteiger partial charge in [-0.25, -0.2) is 0 Å². The molecule has 3 aromatic carbocycles. The van der Waals surface area contributed by atoms with Crippen LogP contribution in [0.3, 0.4) is 0 Å².